The van der Waals surface area contributed by atoms with Gasteiger partial charge >= 0.3 is 0 Å². The van der Waals surface area contributed by atoms with Crippen LogP contribution in [0.5, 0.6) is 5.75 Å². The summed E-state index contributed by atoms with van der Waals surface area (Å²) in [7, 11) is 0. The number of rotatable bonds is 5. The van der Waals surface area contributed by atoms with Crippen LogP contribution in [0, 0.1) is 11.3 Å². The van der Waals surface area contributed by atoms with Gasteiger partial charge in [0.05, 0.1) is 27.2 Å². The first kappa shape index (κ1) is 20.7. The average molecular weight is 447 g/mol. The Morgan fingerprint density at radius 1 is 1.00 bits per heavy atom. The van der Waals surface area contributed by atoms with Crippen LogP contribution in [0.3, 0.4) is 0 Å². The fourth-order valence-electron chi connectivity index (χ4n) is 3.09. The first-order chi connectivity index (χ1) is 15.1. The highest BCUT2D eigenvalue weighted by molar-refractivity contribution is 8.19. The van der Waals surface area contributed by atoms with Gasteiger partial charge in [-0.15, -0.1) is 0 Å². The molecule has 1 aliphatic heterocycles. The highest BCUT2D eigenvalue weighted by Gasteiger charge is 2.37. The normalized spacial score (nSPS) is 14.7. The maximum atomic E-state index is 12.9. The molecule has 0 unspecified atom stereocenters. The molecule has 5 nitrogen and oxygen atoms in total. The first-order valence-electron chi connectivity index (χ1n) is 9.31. The van der Waals surface area contributed by atoms with Gasteiger partial charge in [-0.1, -0.05) is 60.1 Å². The number of hydrogen-bond donors (Lipinski definition) is 0. The van der Waals surface area contributed by atoms with E-state index in [4.69, 9.17) is 16.3 Å². The van der Waals surface area contributed by atoms with Crippen molar-refractivity contribution in [2.75, 3.05) is 4.90 Å². The Balaban J connectivity index is 1.60. The molecule has 0 aromatic heterocycles. The number of halogens is 1. The minimum Gasteiger partial charge on any atom is -0.488 e. The van der Waals surface area contributed by atoms with Gasteiger partial charge in [-0.2, -0.15) is 5.26 Å². The van der Waals surface area contributed by atoms with Gasteiger partial charge in [0.2, 0.25) is 0 Å². The van der Waals surface area contributed by atoms with Gasteiger partial charge in [-0.3, -0.25) is 9.59 Å². The number of carbonyl (C=O) groups is 2. The first-order valence-corrected chi connectivity index (χ1v) is 10.5. The van der Waals surface area contributed by atoms with E-state index in [9.17, 15) is 14.9 Å². The lowest BCUT2D eigenvalue weighted by Crippen LogP contribution is -2.27. The minimum atomic E-state index is -0.437. The zero-order valence-electron chi connectivity index (χ0n) is 16.1. The second-order valence-electron chi connectivity index (χ2n) is 6.56. The molecule has 0 radical (unpaired) electrons. The molecule has 0 N–H and O–H groups in total. The third-order valence-electron chi connectivity index (χ3n) is 4.61. The molecule has 3 aromatic carbocycles. The molecule has 31 heavy (non-hydrogen) atoms. The van der Waals surface area contributed by atoms with Gasteiger partial charge in [-0.05, 0) is 42.1 Å². The number of benzene rings is 3. The average Bonchev–Trinajstić information content (AvgIpc) is 3.06. The number of anilines is 1. The fraction of sp³-hybridized carbons (Fsp3) is 0.0417. The molecule has 1 heterocycles. The van der Waals surface area contributed by atoms with Gasteiger partial charge in [0.1, 0.15) is 12.4 Å². The summed E-state index contributed by atoms with van der Waals surface area (Å²) in [4.78, 5) is 26.8. The number of nitrogens with zero attached hydrogens (tertiary/aromatic N) is 2. The maximum absolute atomic E-state index is 12.9. The molecule has 2 amide bonds. The lowest BCUT2D eigenvalue weighted by molar-refractivity contribution is -0.113. The Morgan fingerprint density at radius 3 is 2.52 bits per heavy atom. The number of carbonyl (C=O) groups excluding carboxylic acids is 2. The predicted molar refractivity (Wildman–Crippen MR) is 122 cm³/mol. The Hall–Kier alpha value is -3.53. The summed E-state index contributed by atoms with van der Waals surface area (Å²) in [5.74, 6) is 0.104. The monoisotopic (exact) mass is 446 g/mol. The van der Waals surface area contributed by atoms with Gasteiger partial charge in [-0.25, -0.2) is 4.90 Å². The van der Waals surface area contributed by atoms with Crippen molar-refractivity contribution >= 4 is 46.3 Å². The van der Waals surface area contributed by atoms with Gasteiger partial charge < -0.3 is 4.74 Å². The van der Waals surface area contributed by atoms with Crippen molar-refractivity contribution in [1.82, 2.24) is 0 Å². The number of thioether (sulfide) groups is 1. The number of imide groups is 1. The number of amides is 2. The second-order valence-corrected chi connectivity index (χ2v) is 7.96. The quantitative estimate of drug-likeness (QED) is 0.447. The smallest absolute Gasteiger partial charge is 0.298 e. The van der Waals surface area contributed by atoms with E-state index in [1.54, 1.807) is 54.6 Å². The van der Waals surface area contributed by atoms with E-state index in [0.717, 1.165) is 22.2 Å². The summed E-state index contributed by atoms with van der Waals surface area (Å²) < 4.78 is 5.93. The van der Waals surface area contributed by atoms with Crippen LogP contribution in [0.15, 0.2) is 77.7 Å². The van der Waals surface area contributed by atoms with Crippen molar-refractivity contribution in [1.29, 1.82) is 5.26 Å². The largest absolute Gasteiger partial charge is 0.488 e. The molecule has 152 valence electrons. The van der Waals surface area contributed by atoms with Crippen molar-refractivity contribution in [2.24, 2.45) is 0 Å². The number of ether oxygens (including phenoxy) is 1. The van der Waals surface area contributed by atoms with Crippen molar-refractivity contribution in [3.05, 3.63) is 99.4 Å². The van der Waals surface area contributed by atoms with Crippen LogP contribution < -0.4 is 9.64 Å². The second kappa shape index (κ2) is 9.09. The summed E-state index contributed by atoms with van der Waals surface area (Å²) in [5, 5.41) is 9.16. The van der Waals surface area contributed by atoms with Gasteiger partial charge in [0.25, 0.3) is 11.1 Å². The SMILES string of the molecule is N#Cc1ccccc1COc1ccccc1/C=C1\SC(=O)N(c2ccccc2Cl)C1=O. The van der Waals surface area contributed by atoms with Crippen molar-refractivity contribution in [3.63, 3.8) is 0 Å². The Labute approximate surface area is 188 Å². The molecule has 1 aliphatic rings. The molecule has 7 heteroatoms. The van der Waals surface area contributed by atoms with Crippen LogP contribution in [0.2, 0.25) is 5.02 Å². The Morgan fingerprint density at radius 2 is 1.71 bits per heavy atom. The van der Waals surface area contributed by atoms with E-state index in [-0.39, 0.29) is 11.5 Å². The van der Waals surface area contributed by atoms with E-state index >= 15 is 0 Å². The van der Waals surface area contributed by atoms with E-state index in [1.165, 1.54) is 0 Å². The zero-order valence-corrected chi connectivity index (χ0v) is 17.7. The van der Waals surface area contributed by atoms with Crippen molar-refractivity contribution < 1.29 is 14.3 Å². The summed E-state index contributed by atoms with van der Waals surface area (Å²) in [6.45, 7) is 0.204. The summed E-state index contributed by atoms with van der Waals surface area (Å²) in [5.41, 5.74) is 2.31. The minimum absolute atomic E-state index is 0.204. The predicted octanol–water partition coefficient (Wildman–Crippen LogP) is 6.03. The van der Waals surface area contributed by atoms with Crippen LogP contribution in [-0.2, 0) is 11.4 Å². The molecule has 3 aromatic rings. The molecule has 1 saturated heterocycles. The molecule has 0 bridgehead atoms. The summed E-state index contributed by atoms with van der Waals surface area (Å²) >= 11 is 7.03. The standard InChI is InChI=1S/C24H15ClN2O3S/c25-19-10-4-5-11-20(19)27-23(28)22(31-24(27)29)13-16-7-3-6-12-21(16)30-15-18-9-2-1-8-17(18)14-26/h1-13H,15H2/b22-13-. The number of para-hydroxylation sites is 2. The number of nitriles is 1. The number of hydrogen-bond acceptors (Lipinski definition) is 5. The van der Waals surface area contributed by atoms with E-state index in [0.29, 0.717) is 27.6 Å². The fourth-order valence-corrected chi connectivity index (χ4v) is 4.14. The molecule has 1 fully saturated rings. The van der Waals surface area contributed by atoms with E-state index in [1.807, 2.05) is 24.3 Å². The Kier molecular flexibility index (Phi) is 6.08. The molecule has 0 atom stereocenters. The van der Waals surface area contributed by atoms with Crippen LogP contribution in [0.25, 0.3) is 6.08 Å². The molecule has 4 rings (SSSR count). The van der Waals surface area contributed by atoms with Crippen molar-refractivity contribution in [2.45, 2.75) is 6.61 Å². The van der Waals surface area contributed by atoms with Gasteiger partial charge in [0, 0.05) is 11.1 Å². The molecular formula is C24H15ClN2O3S. The Bertz CT molecular complexity index is 1250. The molecule has 0 aliphatic carbocycles. The third kappa shape index (κ3) is 4.33. The maximum Gasteiger partial charge on any atom is 0.298 e. The van der Waals surface area contributed by atoms with E-state index in [2.05, 4.69) is 6.07 Å². The van der Waals surface area contributed by atoms with Crippen LogP contribution in [-0.4, -0.2) is 11.1 Å². The lowest BCUT2D eigenvalue weighted by atomic mass is 10.1. The molecule has 0 saturated carbocycles. The summed E-state index contributed by atoms with van der Waals surface area (Å²) in [6, 6.07) is 23.3. The third-order valence-corrected chi connectivity index (χ3v) is 5.80. The molecule has 0 spiro atoms. The van der Waals surface area contributed by atoms with Crippen molar-refractivity contribution in [3.8, 4) is 11.8 Å². The zero-order chi connectivity index (χ0) is 21.8. The van der Waals surface area contributed by atoms with E-state index < -0.39 is 11.1 Å². The highest BCUT2D eigenvalue weighted by Crippen LogP contribution is 2.39. The summed E-state index contributed by atoms with van der Waals surface area (Å²) in [6.07, 6.45) is 1.63. The lowest BCUT2D eigenvalue weighted by Gasteiger charge is -2.13. The van der Waals surface area contributed by atoms with Crippen LogP contribution >= 0.6 is 23.4 Å². The highest BCUT2D eigenvalue weighted by atomic mass is 35.5. The van der Waals surface area contributed by atoms with Gasteiger partial charge in [0.15, 0.2) is 0 Å². The van der Waals surface area contributed by atoms with Crippen LogP contribution in [0.1, 0.15) is 16.7 Å². The molecular weight excluding hydrogens is 432 g/mol. The van der Waals surface area contributed by atoms with Crippen LogP contribution in [0.4, 0.5) is 10.5 Å². The topological polar surface area (TPSA) is 70.4 Å².